The maximum atomic E-state index is 12.8. The van der Waals surface area contributed by atoms with Crippen LogP contribution in [-0.2, 0) is 9.84 Å². The van der Waals surface area contributed by atoms with Crippen molar-refractivity contribution in [1.82, 2.24) is 9.91 Å². The first kappa shape index (κ1) is 26.2. The molecule has 0 saturated heterocycles. The monoisotopic (exact) mass is 569 g/mol. The molecule has 0 saturated carbocycles. The molecule has 2 amide bonds. The standard InChI is InChI=1S/C22H19BrF3N5O3S/c1-14(11-27)12-30(2)19-13-31(29-20(19)15-3-5-16(23)6-4-15)21(32)28-17-7-9-18(10-8-17)35(33,34)22(24,25)26/h3-10,12,19H,13H2,1-2H3,(H,28,32)/b14-12+. The fraction of sp³-hybridized carbons (Fsp3) is 0.227. The van der Waals surface area contributed by atoms with E-state index >= 15 is 0 Å². The van der Waals surface area contributed by atoms with Gasteiger partial charge in [-0.25, -0.2) is 18.2 Å². The summed E-state index contributed by atoms with van der Waals surface area (Å²) in [6.07, 6.45) is 1.64. The van der Waals surface area contributed by atoms with E-state index in [-0.39, 0.29) is 18.3 Å². The number of nitrogens with one attached hydrogen (secondary N) is 1. The third-order valence-corrected chi connectivity index (χ3v) is 7.08. The maximum Gasteiger partial charge on any atom is 0.501 e. The number of hydrazone groups is 1. The first-order valence-electron chi connectivity index (χ1n) is 9.98. The Labute approximate surface area is 208 Å². The highest BCUT2D eigenvalue weighted by molar-refractivity contribution is 9.10. The number of benzene rings is 2. The second-order valence-corrected chi connectivity index (χ2v) is 10.4. The molecule has 0 fully saturated rings. The normalized spacial score (nSPS) is 16.5. The van der Waals surface area contributed by atoms with Crippen molar-refractivity contribution >= 4 is 43.2 Å². The molecular formula is C22H19BrF3N5O3S. The van der Waals surface area contributed by atoms with Crippen LogP contribution in [0.3, 0.4) is 0 Å². The number of amides is 2. The molecule has 35 heavy (non-hydrogen) atoms. The van der Waals surface area contributed by atoms with Crippen LogP contribution in [0.4, 0.5) is 23.7 Å². The van der Waals surface area contributed by atoms with Crippen molar-refractivity contribution < 1.29 is 26.4 Å². The predicted octanol–water partition coefficient (Wildman–Crippen LogP) is 4.72. The molecule has 13 heteroatoms. The summed E-state index contributed by atoms with van der Waals surface area (Å²) in [5.74, 6) is 0. The maximum absolute atomic E-state index is 12.8. The van der Waals surface area contributed by atoms with E-state index in [9.17, 15) is 26.4 Å². The lowest BCUT2D eigenvalue weighted by molar-refractivity contribution is -0.0436. The lowest BCUT2D eigenvalue weighted by Gasteiger charge is -2.24. The van der Waals surface area contributed by atoms with E-state index in [2.05, 4.69) is 26.3 Å². The molecule has 184 valence electrons. The Morgan fingerprint density at radius 1 is 1.23 bits per heavy atom. The van der Waals surface area contributed by atoms with Crippen LogP contribution in [0.25, 0.3) is 0 Å². The number of urea groups is 1. The van der Waals surface area contributed by atoms with Gasteiger partial charge in [-0.1, -0.05) is 28.1 Å². The van der Waals surface area contributed by atoms with E-state index in [4.69, 9.17) is 5.26 Å². The molecule has 1 atom stereocenters. The molecule has 1 unspecified atom stereocenters. The van der Waals surface area contributed by atoms with E-state index in [1.165, 1.54) is 0 Å². The zero-order valence-corrected chi connectivity index (χ0v) is 20.8. The molecule has 0 radical (unpaired) electrons. The SMILES string of the molecule is C/C(C#N)=C\N(C)C1CN(C(=O)Nc2ccc(S(=O)(=O)C(F)(F)F)cc2)N=C1c1ccc(Br)cc1. The number of rotatable bonds is 5. The van der Waals surface area contributed by atoms with E-state index < -0.39 is 26.3 Å². The number of alkyl halides is 3. The third kappa shape index (κ3) is 5.83. The van der Waals surface area contributed by atoms with Crippen LogP contribution >= 0.6 is 15.9 Å². The van der Waals surface area contributed by atoms with Gasteiger partial charge in [-0.05, 0) is 43.3 Å². The number of hydrogen-bond acceptors (Lipinski definition) is 6. The highest BCUT2D eigenvalue weighted by Crippen LogP contribution is 2.31. The molecule has 1 aliphatic heterocycles. The van der Waals surface area contributed by atoms with Crippen molar-refractivity contribution in [3.05, 3.63) is 70.3 Å². The smallest absolute Gasteiger partial charge is 0.369 e. The number of hydrogen-bond donors (Lipinski definition) is 1. The van der Waals surface area contributed by atoms with Gasteiger partial charge >= 0.3 is 11.5 Å². The van der Waals surface area contributed by atoms with Gasteiger partial charge in [0.05, 0.1) is 29.3 Å². The average molecular weight is 570 g/mol. The number of carbonyl (C=O) groups is 1. The lowest BCUT2D eigenvalue weighted by Crippen LogP contribution is -2.40. The molecule has 1 N–H and O–H groups in total. The second-order valence-electron chi connectivity index (χ2n) is 7.58. The fourth-order valence-electron chi connectivity index (χ4n) is 3.27. The molecule has 3 rings (SSSR count). The minimum atomic E-state index is -5.49. The summed E-state index contributed by atoms with van der Waals surface area (Å²) in [5.41, 5.74) is -3.55. The third-order valence-electron chi connectivity index (χ3n) is 5.05. The first-order valence-corrected chi connectivity index (χ1v) is 12.3. The Kier molecular flexibility index (Phi) is 7.56. The molecule has 1 heterocycles. The van der Waals surface area contributed by atoms with Gasteiger partial charge in [0.2, 0.25) is 0 Å². The minimum absolute atomic E-state index is 0.0912. The Balaban J connectivity index is 1.84. The number of allylic oxidation sites excluding steroid dienone is 1. The quantitative estimate of drug-likeness (QED) is 0.524. The highest BCUT2D eigenvalue weighted by Gasteiger charge is 2.46. The van der Waals surface area contributed by atoms with Crippen LogP contribution in [0.15, 0.2) is 74.8 Å². The Morgan fingerprint density at radius 3 is 2.37 bits per heavy atom. The van der Waals surface area contributed by atoms with E-state index in [1.54, 1.807) is 25.1 Å². The lowest BCUT2D eigenvalue weighted by atomic mass is 10.0. The highest BCUT2D eigenvalue weighted by atomic mass is 79.9. The van der Waals surface area contributed by atoms with Gasteiger partial charge < -0.3 is 10.2 Å². The van der Waals surface area contributed by atoms with Gasteiger partial charge in [-0.15, -0.1) is 0 Å². The van der Waals surface area contributed by atoms with Gasteiger partial charge in [0.15, 0.2) is 0 Å². The second kappa shape index (κ2) is 10.1. The number of likely N-dealkylation sites (N-methyl/N-ethyl adjacent to an activating group) is 1. The van der Waals surface area contributed by atoms with Crippen LogP contribution in [0.2, 0.25) is 0 Å². The summed E-state index contributed by atoms with van der Waals surface area (Å²) >= 11 is 3.37. The number of carbonyl (C=O) groups excluding carboxylic acids is 1. The molecule has 2 aromatic carbocycles. The number of sulfone groups is 1. The average Bonchev–Trinajstić information content (AvgIpc) is 3.25. The van der Waals surface area contributed by atoms with Crippen molar-refractivity contribution in [3.8, 4) is 6.07 Å². The first-order chi connectivity index (χ1) is 16.3. The van der Waals surface area contributed by atoms with Crippen LogP contribution in [-0.4, -0.2) is 55.2 Å². The minimum Gasteiger partial charge on any atom is -0.369 e. The largest absolute Gasteiger partial charge is 0.501 e. The summed E-state index contributed by atoms with van der Waals surface area (Å²) in [6.45, 7) is 1.78. The molecule has 0 bridgehead atoms. The van der Waals surface area contributed by atoms with Crippen molar-refractivity contribution in [3.63, 3.8) is 0 Å². The van der Waals surface area contributed by atoms with Gasteiger partial charge in [-0.2, -0.15) is 23.5 Å². The van der Waals surface area contributed by atoms with E-state index in [0.717, 1.165) is 39.3 Å². The Hall–Kier alpha value is -3.37. The molecule has 2 aromatic rings. The zero-order valence-electron chi connectivity index (χ0n) is 18.4. The fourth-order valence-corrected chi connectivity index (χ4v) is 4.30. The van der Waals surface area contributed by atoms with Gasteiger partial charge in [0.1, 0.15) is 0 Å². The zero-order chi connectivity index (χ0) is 26.0. The summed E-state index contributed by atoms with van der Waals surface area (Å²) in [4.78, 5) is 13.7. The molecule has 1 aliphatic rings. The molecular weight excluding hydrogens is 551 g/mol. The number of halogens is 4. The van der Waals surface area contributed by atoms with Gasteiger partial charge in [0.25, 0.3) is 9.84 Å². The van der Waals surface area contributed by atoms with E-state index in [0.29, 0.717) is 11.3 Å². The van der Waals surface area contributed by atoms with Crippen LogP contribution in [0, 0.1) is 11.3 Å². The summed E-state index contributed by atoms with van der Waals surface area (Å²) < 4.78 is 62.1. The van der Waals surface area contributed by atoms with Crippen LogP contribution in [0.1, 0.15) is 12.5 Å². The number of nitrogens with zero attached hydrogens (tertiary/aromatic N) is 4. The Bertz CT molecular complexity index is 1320. The molecule has 8 nitrogen and oxygen atoms in total. The van der Waals surface area contributed by atoms with Crippen LogP contribution < -0.4 is 5.32 Å². The van der Waals surface area contributed by atoms with E-state index in [1.807, 2.05) is 30.3 Å². The number of nitriles is 1. The van der Waals surface area contributed by atoms with Crippen molar-refractivity contribution in [2.24, 2.45) is 5.10 Å². The van der Waals surface area contributed by atoms with Crippen molar-refractivity contribution in [2.75, 3.05) is 18.9 Å². The molecule has 0 aromatic heterocycles. The number of anilines is 1. The molecule has 0 spiro atoms. The van der Waals surface area contributed by atoms with Gasteiger partial charge in [-0.3, -0.25) is 0 Å². The van der Waals surface area contributed by atoms with Crippen LogP contribution in [0.5, 0.6) is 0 Å². The van der Waals surface area contributed by atoms with Crippen molar-refractivity contribution in [2.45, 2.75) is 23.4 Å². The Morgan fingerprint density at radius 2 is 1.83 bits per heavy atom. The summed E-state index contributed by atoms with van der Waals surface area (Å²) in [6, 6.07) is 12.0. The predicted molar refractivity (Wildman–Crippen MR) is 127 cm³/mol. The summed E-state index contributed by atoms with van der Waals surface area (Å²) in [7, 11) is -3.74. The van der Waals surface area contributed by atoms with Gasteiger partial charge in [0, 0.05) is 34.5 Å². The topological polar surface area (TPSA) is 106 Å². The summed E-state index contributed by atoms with van der Waals surface area (Å²) in [5, 5.41) is 17.2. The molecule has 0 aliphatic carbocycles. The van der Waals surface area contributed by atoms with Crippen molar-refractivity contribution in [1.29, 1.82) is 5.26 Å².